The molecule has 0 N–H and O–H groups in total. The number of thioether (sulfide) groups is 1. The summed E-state index contributed by atoms with van der Waals surface area (Å²) in [4.78, 5) is 0. The molecule has 0 aliphatic carbocycles. The molecule has 0 bridgehead atoms. The molecule has 1 nitrogen and oxygen atoms in total. The van der Waals surface area contributed by atoms with E-state index in [9.17, 15) is 0 Å². The van der Waals surface area contributed by atoms with E-state index >= 15 is 0 Å². The van der Waals surface area contributed by atoms with E-state index in [0.717, 1.165) is 17.3 Å². The Labute approximate surface area is 121 Å². The third-order valence-corrected chi connectivity index (χ3v) is 6.74. The quantitative estimate of drug-likeness (QED) is 0.710. The van der Waals surface area contributed by atoms with Gasteiger partial charge in [0, 0.05) is 14.5 Å². The summed E-state index contributed by atoms with van der Waals surface area (Å²) >= 11 is 2.04. The molecule has 0 atom stereocenters. The van der Waals surface area contributed by atoms with E-state index in [2.05, 4.69) is 31.3 Å². The number of benzene rings is 2. The highest BCUT2D eigenvalue weighted by Gasteiger charge is 2.01. The minimum Gasteiger partial charge on any atom is -0.457 e. The van der Waals surface area contributed by atoms with Crippen LogP contribution in [-0.4, -0.2) is 14.2 Å². The van der Waals surface area contributed by atoms with Gasteiger partial charge in [-0.3, -0.25) is 0 Å². The van der Waals surface area contributed by atoms with Crippen LogP contribution in [0.25, 0.3) is 0 Å². The van der Waals surface area contributed by atoms with E-state index in [-0.39, 0.29) is 0 Å². The molecular formula is C16H20OSSi. The number of ether oxygens (including phenoxy) is 1. The normalized spacial score (nSPS) is 10.7. The molecule has 0 aromatic heterocycles. The summed E-state index contributed by atoms with van der Waals surface area (Å²) in [6.07, 6.45) is 0. The van der Waals surface area contributed by atoms with Crippen LogP contribution in [0.2, 0.25) is 13.1 Å². The molecule has 0 saturated heterocycles. The largest absolute Gasteiger partial charge is 0.457 e. The Morgan fingerprint density at radius 3 is 2.42 bits per heavy atom. The summed E-state index contributed by atoms with van der Waals surface area (Å²) in [6.45, 7) is 4.78. The van der Waals surface area contributed by atoms with Crippen LogP contribution in [0, 0.1) is 0 Å². The van der Waals surface area contributed by atoms with Gasteiger partial charge in [-0.2, -0.15) is 11.8 Å². The van der Waals surface area contributed by atoms with E-state index in [0.29, 0.717) is 0 Å². The highest BCUT2D eigenvalue weighted by Crippen LogP contribution is 2.23. The second-order valence-electron chi connectivity index (χ2n) is 4.97. The van der Waals surface area contributed by atoms with Crippen LogP contribution in [0.3, 0.4) is 0 Å². The summed E-state index contributed by atoms with van der Waals surface area (Å²) < 4.78 is 5.85. The Balaban J connectivity index is 1.95. The summed E-state index contributed by atoms with van der Waals surface area (Å²) in [7, 11) is -0.449. The van der Waals surface area contributed by atoms with E-state index in [1.165, 1.54) is 10.9 Å². The minimum absolute atomic E-state index is 0.449. The van der Waals surface area contributed by atoms with Gasteiger partial charge in [0.25, 0.3) is 0 Å². The molecule has 100 valence electrons. The van der Waals surface area contributed by atoms with Crippen LogP contribution in [-0.2, 0) is 5.75 Å². The van der Waals surface area contributed by atoms with Crippen LogP contribution < -0.4 is 4.74 Å². The maximum absolute atomic E-state index is 5.85. The fourth-order valence-corrected chi connectivity index (χ4v) is 4.51. The molecule has 0 spiro atoms. The maximum atomic E-state index is 5.85. The van der Waals surface area contributed by atoms with Crippen LogP contribution in [0.5, 0.6) is 11.5 Å². The van der Waals surface area contributed by atoms with Crippen molar-refractivity contribution in [2.75, 3.05) is 5.38 Å². The van der Waals surface area contributed by atoms with Crippen molar-refractivity contribution in [2.45, 2.75) is 18.8 Å². The zero-order chi connectivity index (χ0) is 13.5. The number of rotatable bonds is 6. The number of hydrogen-bond acceptors (Lipinski definition) is 2. The smallest absolute Gasteiger partial charge is 0.127 e. The van der Waals surface area contributed by atoms with E-state index < -0.39 is 8.80 Å². The fourth-order valence-electron chi connectivity index (χ4n) is 1.74. The van der Waals surface area contributed by atoms with Gasteiger partial charge >= 0.3 is 0 Å². The highest BCUT2D eigenvalue weighted by molar-refractivity contribution is 7.99. The predicted molar refractivity (Wildman–Crippen MR) is 88.0 cm³/mol. The molecule has 0 aliphatic heterocycles. The Bertz CT molecular complexity index is 499. The third kappa shape index (κ3) is 5.13. The highest BCUT2D eigenvalue weighted by atomic mass is 32.2. The SMILES string of the molecule is C[SiH](C)CSCc1cccc(Oc2ccccc2)c1. The summed E-state index contributed by atoms with van der Waals surface area (Å²) in [5.41, 5.74) is 1.34. The van der Waals surface area contributed by atoms with Gasteiger partial charge in [-0.05, 0) is 35.2 Å². The summed E-state index contributed by atoms with van der Waals surface area (Å²) in [6, 6.07) is 18.3. The van der Waals surface area contributed by atoms with Crippen molar-refractivity contribution < 1.29 is 4.74 Å². The molecule has 3 heteroatoms. The lowest BCUT2D eigenvalue weighted by Gasteiger charge is -2.08. The zero-order valence-corrected chi connectivity index (χ0v) is 13.5. The Kier molecular flexibility index (Phi) is 5.55. The van der Waals surface area contributed by atoms with Crippen LogP contribution in [0.4, 0.5) is 0 Å². The molecule has 0 aliphatic rings. The summed E-state index contributed by atoms with van der Waals surface area (Å²) in [5.74, 6) is 2.89. The molecule has 0 heterocycles. The standard InChI is InChI=1S/C16H20OSSi/c1-19(2)13-18-12-14-7-6-10-16(11-14)17-15-8-4-3-5-9-15/h3-11,19H,12-13H2,1-2H3. The molecule has 2 rings (SSSR count). The first-order valence-corrected chi connectivity index (χ1v) is 10.9. The van der Waals surface area contributed by atoms with Gasteiger partial charge in [-0.25, -0.2) is 0 Å². The second-order valence-corrected chi connectivity index (χ2v) is 9.79. The second kappa shape index (κ2) is 7.41. The Hall–Kier alpha value is -1.19. The van der Waals surface area contributed by atoms with Crippen molar-refractivity contribution in [3.63, 3.8) is 0 Å². The van der Waals surface area contributed by atoms with Gasteiger partial charge < -0.3 is 4.74 Å². The lowest BCUT2D eigenvalue weighted by Crippen LogP contribution is -2.04. The first-order valence-electron chi connectivity index (χ1n) is 6.63. The third-order valence-electron chi connectivity index (χ3n) is 2.60. The van der Waals surface area contributed by atoms with Gasteiger partial charge in [0.1, 0.15) is 11.5 Å². The van der Waals surface area contributed by atoms with Crippen molar-refractivity contribution in [3.8, 4) is 11.5 Å². The van der Waals surface area contributed by atoms with E-state index in [1.807, 2.05) is 48.2 Å². The predicted octanol–water partition coefficient (Wildman–Crippen LogP) is 4.74. The molecule has 0 radical (unpaired) electrons. The van der Waals surface area contributed by atoms with Crippen LogP contribution in [0.1, 0.15) is 5.56 Å². The van der Waals surface area contributed by atoms with Crippen LogP contribution in [0.15, 0.2) is 54.6 Å². The Morgan fingerprint density at radius 2 is 1.68 bits per heavy atom. The van der Waals surface area contributed by atoms with Crippen molar-refractivity contribution in [2.24, 2.45) is 0 Å². The van der Waals surface area contributed by atoms with Gasteiger partial charge in [0.2, 0.25) is 0 Å². The van der Waals surface area contributed by atoms with E-state index in [1.54, 1.807) is 0 Å². The fraction of sp³-hybridized carbons (Fsp3) is 0.250. The molecule has 0 unspecified atom stereocenters. The van der Waals surface area contributed by atoms with Crippen molar-refractivity contribution in [1.29, 1.82) is 0 Å². The van der Waals surface area contributed by atoms with Gasteiger partial charge in [-0.15, -0.1) is 0 Å². The summed E-state index contributed by atoms with van der Waals surface area (Å²) in [5, 5.41) is 1.34. The van der Waals surface area contributed by atoms with Crippen molar-refractivity contribution in [3.05, 3.63) is 60.2 Å². The maximum Gasteiger partial charge on any atom is 0.127 e. The number of hydrogen-bond donors (Lipinski definition) is 0. The van der Waals surface area contributed by atoms with Gasteiger partial charge in [0.05, 0.1) is 0 Å². The molecule has 2 aromatic rings. The lowest BCUT2D eigenvalue weighted by molar-refractivity contribution is 0.482. The monoisotopic (exact) mass is 288 g/mol. The van der Waals surface area contributed by atoms with Crippen molar-refractivity contribution in [1.82, 2.24) is 0 Å². The molecule has 0 fully saturated rings. The van der Waals surface area contributed by atoms with Crippen LogP contribution >= 0.6 is 11.8 Å². The average molecular weight is 288 g/mol. The zero-order valence-electron chi connectivity index (χ0n) is 11.5. The molecule has 0 amide bonds. The Morgan fingerprint density at radius 1 is 0.947 bits per heavy atom. The molecule has 2 aromatic carbocycles. The van der Waals surface area contributed by atoms with E-state index in [4.69, 9.17) is 4.74 Å². The van der Waals surface area contributed by atoms with Gasteiger partial charge in [0.15, 0.2) is 0 Å². The number of para-hydroxylation sites is 1. The topological polar surface area (TPSA) is 9.23 Å². The molecule has 19 heavy (non-hydrogen) atoms. The molecular weight excluding hydrogens is 268 g/mol. The minimum atomic E-state index is -0.449. The average Bonchev–Trinajstić information content (AvgIpc) is 2.40. The van der Waals surface area contributed by atoms with Gasteiger partial charge in [-0.1, -0.05) is 43.4 Å². The first-order chi connectivity index (χ1) is 9.24. The lowest BCUT2D eigenvalue weighted by atomic mass is 10.2. The van der Waals surface area contributed by atoms with Crippen molar-refractivity contribution >= 4 is 20.6 Å². The molecule has 0 saturated carbocycles. The first kappa shape index (κ1) is 14.2.